The van der Waals surface area contributed by atoms with Crippen molar-refractivity contribution in [3.05, 3.63) is 35.9 Å². The SMILES string of the molecule is CCNC[C@@H]1[C@@H](O)C[C@@H](CO)N1Cc1ccccc1. The van der Waals surface area contributed by atoms with Crippen molar-refractivity contribution in [1.29, 1.82) is 0 Å². The third kappa shape index (κ3) is 3.54. The Bertz CT molecular complexity index is 372. The molecule has 0 aromatic heterocycles. The molecular weight excluding hydrogens is 240 g/mol. The Kier molecular flexibility index (Phi) is 5.34. The van der Waals surface area contributed by atoms with Crippen molar-refractivity contribution in [3.8, 4) is 0 Å². The first-order valence-electron chi connectivity index (χ1n) is 7.05. The number of nitrogens with zero attached hydrogens (tertiary/aromatic N) is 1. The molecule has 106 valence electrons. The van der Waals surface area contributed by atoms with E-state index < -0.39 is 0 Å². The molecule has 19 heavy (non-hydrogen) atoms. The molecule has 3 atom stereocenters. The fraction of sp³-hybridized carbons (Fsp3) is 0.600. The van der Waals surface area contributed by atoms with Gasteiger partial charge in [-0.25, -0.2) is 0 Å². The molecule has 1 heterocycles. The van der Waals surface area contributed by atoms with Gasteiger partial charge < -0.3 is 15.5 Å². The van der Waals surface area contributed by atoms with Gasteiger partial charge in [-0.3, -0.25) is 4.90 Å². The smallest absolute Gasteiger partial charge is 0.0723 e. The van der Waals surface area contributed by atoms with Gasteiger partial charge in [0.05, 0.1) is 12.7 Å². The zero-order valence-electron chi connectivity index (χ0n) is 11.5. The summed E-state index contributed by atoms with van der Waals surface area (Å²) in [6.45, 7) is 4.60. The lowest BCUT2D eigenvalue weighted by Gasteiger charge is -2.30. The first-order chi connectivity index (χ1) is 9.26. The third-order valence-electron chi connectivity index (χ3n) is 3.87. The Morgan fingerprint density at radius 1 is 1.32 bits per heavy atom. The molecule has 0 aliphatic carbocycles. The van der Waals surface area contributed by atoms with E-state index in [1.807, 2.05) is 18.2 Å². The molecule has 1 saturated heterocycles. The van der Waals surface area contributed by atoms with E-state index in [4.69, 9.17) is 0 Å². The predicted molar refractivity (Wildman–Crippen MR) is 75.8 cm³/mol. The van der Waals surface area contributed by atoms with Crippen molar-refractivity contribution in [1.82, 2.24) is 10.2 Å². The molecule has 0 amide bonds. The first kappa shape index (κ1) is 14.5. The Morgan fingerprint density at radius 3 is 2.68 bits per heavy atom. The summed E-state index contributed by atoms with van der Waals surface area (Å²) in [5.74, 6) is 0. The number of benzene rings is 1. The molecule has 0 saturated carbocycles. The number of aliphatic hydroxyl groups excluding tert-OH is 2. The van der Waals surface area contributed by atoms with Crippen LogP contribution in [0.2, 0.25) is 0 Å². The van der Waals surface area contributed by atoms with E-state index in [-0.39, 0.29) is 24.8 Å². The molecule has 0 bridgehead atoms. The minimum absolute atomic E-state index is 0.0545. The van der Waals surface area contributed by atoms with Gasteiger partial charge >= 0.3 is 0 Å². The van der Waals surface area contributed by atoms with Gasteiger partial charge in [0.15, 0.2) is 0 Å². The lowest BCUT2D eigenvalue weighted by molar-refractivity contribution is 0.0908. The minimum Gasteiger partial charge on any atom is -0.395 e. The largest absolute Gasteiger partial charge is 0.395 e. The van der Waals surface area contributed by atoms with Gasteiger partial charge in [-0.2, -0.15) is 0 Å². The van der Waals surface area contributed by atoms with Gasteiger partial charge in [0, 0.05) is 25.2 Å². The highest BCUT2D eigenvalue weighted by molar-refractivity contribution is 5.15. The summed E-state index contributed by atoms with van der Waals surface area (Å²) in [5.41, 5.74) is 1.22. The van der Waals surface area contributed by atoms with Crippen molar-refractivity contribution in [2.24, 2.45) is 0 Å². The van der Waals surface area contributed by atoms with Crippen LogP contribution in [0.3, 0.4) is 0 Å². The van der Waals surface area contributed by atoms with Gasteiger partial charge in [-0.05, 0) is 18.5 Å². The summed E-state index contributed by atoms with van der Waals surface area (Å²) >= 11 is 0. The molecule has 0 spiro atoms. The Hall–Kier alpha value is -0.940. The van der Waals surface area contributed by atoms with E-state index in [0.29, 0.717) is 6.42 Å². The van der Waals surface area contributed by atoms with E-state index in [1.165, 1.54) is 5.56 Å². The van der Waals surface area contributed by atoms with Gasteiger partial charge in [0.1, 0.15) is 0 Å². The maximum atomic E-state index is 10.2. The zero-order valence-corrected chi connectivity index (χ0v) is 11.5. The van der Waals surface area contributed by atoms with E-state index in [1.54, 1.807) is 0 Å². The maximum absolute atomic E-state index is 10.2. The molecular formula is C15H24N2O2. The standard InChI is InChI=1S/C15H24N2O2/c1-2-16-9-14-15(19)8-13(11-18)17(14)10-12-6-4-3-5-7-12/h3-7,13-16,18-19H,2,8-11H2,1H3/t13-,14+,15-/m0/s1. The van der Waals surface area contributed by atoms with Crippen LogP contribution in [-0.2, 0) is 6.54 Å². The van der Waals surface area contributed by atoms with Gasteiger partial charge in [0.25, 0.3) is 0 Å². The van der Waals surface area contributed by atoms with E-state index >= 15 is 0 Å². The van der Waals surface area contributed by atoms with Crippen LogP contribution in [0.4, 0.5) is 0 Å². The average Bonchev–Trinajstić information content (AvgIpc) is 2.73. The van der Waals surface area contributed by atoms with Gasteiger partial charge in [-0.1, -0.05) is 37.3 Å². The summed E-state index contributed by atoms with van der Waals surface area (Å²) < 4.78 is 0. The summed E-state index contributed by atoms with van der Waals surface area (Å²) in [5, 5.41) is 23.0. The van der Waals surface area contributed by atoms with Crippen molar-refractivity contribution >= 4 is 0 Å². The number of rotatable bonds is 6. The summed E-state index contributed by atoms with van der Waals surface area (Å²) in [4.78, 5) is 2.22. The van der Waals surface area contributed by atoms with E-state index in [9.17, 15) is 10.2 Å². The van der Waals surface area contributed by atoms with Gasteiger partial charge in [-0.15, -0.1) is 0 Å². The molecule has 1 fully saturated rings. The molecule has 3 N–H and O–H groups in total. The quantitative estimate of drug-likeness (QED) is 0.704. The lowest BCUT2D eigenvalue weighted by Crippen LogP contribution is -2.45. The molecule has 1 aromatic rings. The second-order valence-electron chi connectivity index (χ2n) is 5.17. The molecule has 2 rings (SSSR count). The third-order valence-corrected chi connectivity index (χ3v) is 3.87. The molecule has 0 unspecified atom stereocenters. The van der Waals surface area contributed by atoms with Crippen LogP contribution in [-0.4, -0.2) is 53.0 Å². The highest BCUT2D eigenvalue weighted by Crippen LogP contribution is 2.26. The number of hydrogen-bond acceptors (Lipinski definition) is 4. The number of likely N-dealkylation sites (N-methyl/N-ethyl adjacent to an activating group) is 1. The molecule has 1 aliphatic rings. The zero-order chi connectivity index (χ0) is 13.7. The number of hydrogen-bond donors (Lipinski definition) is 3. The van der Waals surface area contributed by atoms with Crippen molar-refractivity contribution in [2.75, 3.05) is 19.7 Å². The lowest BCUT2D eigenvalue weighted by atomic mass is 10.1. The molecule has 4 heteroatoms. The summed E-state index contributed by atoms with van der Waals surface area (Å²) in [6.07, 6.45) is 0.291. The van der Waals surface area contributed by atoms with Crippen LogP contribution in [0.5, 0.6) is 0 Å². The van der Waals surface area contributed by atoms with Crippen LogP contribution in [0.25, 0.3) is 0 Å². The minimum atomic E-state index is -0.361. The van der Waals surface area contributed by atoms with Crippen molar-refractivity contribution in [2.45, 2.75) is 38.1 Å². The highest BCUT2D eigenvalue weighted by atomic mass is 16.3. The second kappa shape index (κ2) is 7.01. The monoisotopic (exact) mass is 264 g/mol. The van der Waals surface area contributed by atoms with Crippen LogP contribution in [0, 0.1) is 0 Å². The summed E-state index contributed by atoms with van der Waals surface area (Å²) in [6, 6.07) is 10.4. The first-order valence-corrected chi connectivity index (χ1v) is 7.05. The molecule has 0 radical (unpaired) electrons. The van der Waals surface area contributed by atoms with Crippen LogP contribution in [0.1, 0.15) is 18.9 Å². The number of aliphatic hydroxyl groups is 2. The normalized spacial score (nSPS) is 27.8. The predicted octanol–water partition coefficient (Wildman–Crippen LogP) is 0.592. The topological polar surface area (TPSA) is 55.7 Å². The second-order valence-corrected chi connectivity index (χ2v) is 5.17. The number of nitrogens with one attached hydrogen (secondary N) is 1. The van der Waals surface area contributed by atoms with Crippen LogP contribution in [0.15, 0.2) is 30.3 Å². The van der Waals surface area contributed by atoms with Crippen LogP contribution < -0.4 is 5.32 Å². The summed E-state index contributed by atoms with van der Waals surface area (Å²) in [7, 11) is 0. The van der Waals surface area contributed by atoms with E-state index in [2.05, 4.69) is 29.3 Å². The Labute approximate surface area is 115 Å². The average molecular weight is 264 g/mol. The molecule has 4 nitrogen and oxygen atoms in total. The van der Waals surface area contributed by atoms with Crippen molar-refractivity contribution < 1.29 is 10.2 Å². The van der Waals surface area contributed by atoms with Gasteiger partial charge in [0.2, 0.25) is 0 Å². The fourth-order valence-electron chi connectivity index (χ4n) is 2.83. The highest BCUT2D eigenvalue weighted by Gasteiger charge is 2.39. The number of likely N-dealkylation sites (tertiary alicyclic amines) is 1. The molecule has 1 aliphatic heterocycles. The van der Waals surface area contributed by atoms with Crippen LogP contribution >= 0.6 is 0 Å². The van der Waals surface area contributed by atoms with E-state index in [0.717, 1.165) is 19.6 Å². The molecule has 1 aromatic carbocycles. The Morgan fingerprint density at radius 2 is 2.05 bits per heavy atom. The van der Waals surface area contributed by atoms with Crippen molar-refractivity contribution in [3.63, 3.8) is 0 Å². The maximum Gasteiger partial charge on any atom is 0.0723 e. The fourth-order valence-corrected chi connectivity index (χ4v) is 2.83. The Balaban J connectivity index is 2.07.